The molecule has 1 N–H and O–H groups in total. The Kier molecular flexibility index (Phi) is 8.50. The molecule has 35 heavy (non-hydrogen) atoms. The molecule has 0 radical (unpaired) electrons. The second-order valence-electron chi connectivity index (χ2n) is 9.06. The number of benzene rings is 3. The number of methoxy groups -OCH3 is 2. The summed E-state index contributed by atoms with van der Waals surface area (Å²) in [6, 6.07) is 23.2. The molecule has 1 heterocycles. The van der Waals surface area contributed by atoms with Crippen molar-refractivity contribution in [3.8, 4) is 17.2 Å². The number of hydrogen-bond donors (Lipinski definition) is 1. The van der Waals surface area contributed by atoms with Crippen LogP contribution in [0.25, 0.3) is 0 Å². The van der Waals surface area contributed by atoms with Gasteiger partial charge in [-0.25, -0.2) is 0 Å². The minimum absolute atomic E-state index is 0.0806. The molecule has 1 aliphatic heterocycles. The molecule has 6 nitrogen and oxygen atoms in total. The standard InChI is InChI=1S/C29H37N3O3/c1-31(2)25-13-11-23(12-14-25)28(32-17-8-15-30-16-18-32)24-19-26(33-3)29(27(20-24)34-4)35-21-22-9-6-5-7-10-22/h5-7,9-14,19-20,28,30H,8,15-18,21H2,1-4H3. The summed E-state index contributed by atoms with van der Waals surface area (Å²) in [6.07, 6.45) is 1.11. The molecule has 0 bridgehead atoms. The minimum atomic E-state index is 0.0806. The molecule has 1 unspecified atom stereocenters. The van der Waals surface area contributed by atoms with E-state index in [0.29, 0.717) is 23.9 Å². The molecule has 0 aliphatic carbocycles. The van der Waals surface area contributed by atoms with E-state index in [9.17, 15) is 0 Å². The number of rotatable bonds is 9. The Morgan fingerprint density at radius 3 is 2.17 bits per heavy atom. The van der Waals surface area contributed by atoms with E-state index in [0.717, 1.165) is 43.7 Å². The summed E-state index contributed by atoms with van der Waals surface area (Å²) in [4.78, 5) is 4.67. The molecule has 6 heteroatoms. The Morgan fingerprint density at radius 1 is 0.857 bits per heavy atom. The predicted molar refractivity (Wildman–Crippen MR) is 142 cm³/mol. The van der Waals surface area contributed by atoms with Crippen LogP contribution < -0.4 is 24.4 Å². The van der Waals surface area contributed by atoms with Crippen molar-refractivity contribution in [1.82, 2.24) is 10.2 Å². The number of nitrogens with zero attached hydrogens (tertiary/aromatic N) is 2. The van der Waals surface area contributed by atoms with Crippen molar-refractivity contribution in [2.45, 2.75) is 19.1 Å². The zero-order chi connectivity index (χ0) is 24.6. The van der Waals surface area contributed by atoms with E-state index in [1.165, 1.54) is 11.3 Å². The first-order valence-electron chi connectivity index (χ1n) is 12.3. The molecule has 1 atom stereocenters. The largest absolute Gasteiger partial charge is 0.493 e. The molecule has 3 aromatic carbocycles. The van der Waals surface area contributed by atoms with Gasteiger partial charge in [-0.15, -0.1) is 0 Å². The normalized spacial score (nSPS) is 15.2. The molecule has 4 rings (SSSR count). The van der Waals surface area contributed by atoms with E-state index in [2.05, 4.69) is 65.6 Å². The average molecular weight is 476 g/mol. The lowest BCUT2D eigenvalue weighted by Crippen LogP contribution is -2.33. The van der Waals surface area contributed by atoms with E-state index >= 15 is 0 Å². The van der Waals surface area contributed by atoms with Crippen LogP contribution in [0.15, 0.2) is 66.7 Å². The van der Waals surface area contributed by atoms with Gasteiger partial charge in [0.2, 0.25) is 5.75 Å². The summed E-state index contributed by atoms with van der Waals surface area (Å²) in [7, 11) is 7.50. The van der Waals surface area contributed by atoms with Crippen molar-refractivity contribution in [2.75, 3.05) is 59.4 Å². The van der Waals surface area contributed by atoms with E-state index < -0.39 is 0 Å². The monoisotopic (exact) mass is 475 g/mol. The molecular formula is C29H37N3O3. The number of hydrogen-bond acceptors (Lipinski definition) is 6. The number of anilines is 1. The SMILES string of the molecule is COc1cc(C(c2ccc(N(C)C)cc2)N2CCCNCC2)cc(OC)c1OCc1ccccc1. The van der Waals surface area contributed by atoms with Crippen LogP contribution in [0.2, 0.25) is 0 Å². The zero-order valence-electron chi connectivity index (χ0n) is 21.3. The third-order valence-corrected chi connectivity index (χ3v) is 6.49. The highest BCUT2D eigenvalue weighted by molar-refractivity contribution is 5.56. The van der Waals surface area contributed by atoms with Crippen molar-refractivity contribution in [2.24, 2.45) is 0 Å². The van der Waals surface area contributed by atoms with E-state index in [-0.39, 0.29) is 6.04 Å². The molecule has 0 amide bonds. The highest BCUT2D eigenvalue weighted by atomic mass is 16.5. The summed E-state index contributed by atoms with van der Waals surface area (Å²) >= 11 is 0. The topological polar surface area (TPSA) is 46.2 Å². The van der Waals surface area contributed by atoms with E-state index in [4.69, 9.17) is 14.2 Å². The first-order valence-corrected chi connectivity index (χ1v) is 12.3. The average Bonchev–Trinajstić information content (AvgIpc) is 3.17. The maximum atomic E-state index is 6.21. The number of ether oxygens (including phenoxy) is 3. The van der Waals surface area contributed by atoms with Crippen molar-refractivity contribution in [3.63, 3.8) is 0 Å². The summed E-state index contributed by atoms with van der Waals surface area (Å²) in [6.45, 7) is 4.45. The molecule has 186 valence electrons. The Balaban J connectivity index is 1.72. The van der Waals surface area contributed by atoms with Crippen molar-refractivity contribution in [3.05, 3.63) is 83.4 Å². The summed E-state index contributed by atoms with van der Waals surface area (Å²) in [5.74, 6) is 1.98. The third kappa shape index (κ3) is 6.08. The van der Waals surface area contributed by atoms with Gasteiger partial charge in [0.1, 0.15) is 6.61 Å². The molecule has 1 fully saturated rings. The van der Waals surface area contributed by atoms with Crippen LogP contribution in [-0.4, -0.2) is 59.4 Å². The summed E-state index contributed by atoms with van der Waals surface area (Å²) in [5.41, 5.74) is 4.66. The quantitative estimate of drug-likeness (QED) is 0.483. The Labute approximate surface area is 209 Å². The predicted octanol–water partition coefficient (Wildman–Crippen LogP) is 4.73. The molecular weight excluding hydrogens is 438 g/mol. The van der Waals surface area contributed by atoms with Crippen molar-refractivity contribution < 1.29 is 14.2 Å². The smallest absolute Gasteiger partial charge is 0.203 e. The molecule has 0 saturated carbocycles. The van der Waals surface area contributed by atoms with E-state index in [1.807, 2.05) is 30.3 Å². The zero-order valence-corrected chi connectivity index (χ0v) is 21.3. The number of nitrogens with one attached hydrogen (secondary N) is 1. The lowest BCUT2D eigenvalue weighted by molar-refractivity contribution is 0.237. The van der Waals surface area contributed by atoms with Crippen LogP contribution in [0.4, 0.5) is 5.69 Å². The Morgan fingerprint density at radius 2 is 1.54 bits per heavy atom. The van der Waals surface area contributed by atoms with E-state index in [1.54, 1.807) is 14.2 Å². The fourth-order valence-corrected chi connectivity index (χ4v) is 4.62. The maximum absolute atomic E-state index is 6.21. The van der Waals surface area contributed by atoms with Gasteiger partial charge in [0.05, 0.1) is 20.3 Å². The van der Waals surface area contributed by atoms with Gasteiger partial charge in [0.25, 0.3) is 0 Å². The van der Waals surface area contributed by atoms with Crippen LogP contribution in [0.5, 0.6) is 17.2 Å². The fourth-order valence-electron chi connectivity index (χ4n) is 4.62. The van der Waals surface area contributed by atoms with Crippen molar-refractivity contribution in [1.29, 1.82) is 0 Å². The van der Waals surface area contributed by atoms with Gasteiger partial charge in [-0.1, -0.05) is 42.5 Å². The lowest BCUT2D eigenvalue weighted by atomic mass is 9.95. The molecule has 3 aromatic rings. The first kappa shape index (κ1) is 24.9. The summed E-state index contributed by atoms with van der Waals surface area (Å²) in [5, 5.41) is 3.53. The van der Waals surface area contributed by atoms with Crippen LogP contribution in [0.3, 0.4) is 0 Å². The second-order valence-corrected chi connectivity index (χ2v) is 9.06. The van der Waals surface area contributed by atoms with Gasteiger partial charge in [-0.2, -0.15) is 0 Å². The van der Waals surface area contributed by atoms with Gasteiger partial charge in [-0.05, 0) is 53.9 Å². The van der Waals surface area contributed by atoms with Gasteiger partial charge in [0, 0.05) is 39.4 Å². The Bertz CT molecular complexity index is 1040. The van der Waals surface area contributed by atoms with Gasteiger partial charge < -0.3 is 24.4 Å². The maximum Gasteiger partial charge on any atom is 0.203 e. The first-order chi connectivity index (χ1) is 17.1. The highest BCUT2D eigenvalue weighted by Gasteiger charge is 2.26. The summed E-state index contributed by atoms with van der Waals surface area (Å²) < 4.78 is 17.9. The lowest BCUT2D eigenvalue weighted by Gasteiger charge is -2.32. The minimum Gasteiger partial charge on any atom is -0.493 e. The van der Waals surface area contributed by atoms with Crippen molar-refractivity contribution >= 4 is 5.69 Å². The van der Waals surface area contributed by atoms with Gasteiger partial charge >= 0.3 is 0 Å². The van der Waals surface area contributed by atoms with Crippen LogP contribution in [0, 0.1) is 0 Å². The molecule has 1 aliphatic rings. The second kappa shape index (κ2) is 12.0. The highest BCUT2D eigenvalue weighted by Crippen LogP contribution is 2.43. The third-order valence-electron chi connectivity index (χ3n) is 6.49. The molecule has 0 aromatic heterocycles. The Hall–Kier alpha value is -3.22. The van der Waals surface area contributed by atoms with Gasteiger partial charge in [0.15, 0.2) is 11.5 Å². The molecule has 1 saturated heterocycles. The molecule has 0 spiro atoms. The van der Waals surface area contributed by atoms with Gasteiger partial charge in [-0.3, -0.25) is 4.90 Å². The van der Waals surface area contributed by atoms with Crippen LogP contribution in [0.1, 0.15) is 29.2 Å². The van der Waals surface area contributed by atoms with Crippen LogP contribution in [-0.2, 0) is 6.61 Å². The fraction of sp³-hybridized carbons (Fsp3) is 0.379. The van der Waals surface area contributed by atoms with Crippen LogP contribution >= 0.6 is 0 Å².